The molecule has 3 N–H and O–H groups in total. The van der Waals surface area contributed by atoms with E-state index in [1.54, 1.807) is 0 Å². The van der Waals surface area contributed by atoms with Crippen molar-refractivity contribution in [3.63, 3.8) is 0 Å². The number of Topliss-reactive ketones (excluding diaryl/α,β-unsaturated/α-hetero) is 1. The highest BCUT2D eigenvalue weighted by Gasteiger charge is 2.24. The zero-order valence-corrected chi connectivity index (χ0v) is 18.4. The van der Waals surface area contributed by atoms with E-state index in [0.717, 1.165) is 12.8 Å². The number of carbonyl (C=O) groups excluding carboxylic acids is 1. The molecule has 0 aliphatic carbocycles. The summed E-state index contributed by atoms with van der Waals surface area (Å²) in [5, 5.41) is 9.90. The Morgan fingerprint density at radius 2 is 1.26 bits per heavy atom. The minimum absolute atomic E-state index is 0.0910. The molecule has 0 aromatic carbocycles. The number of allylic oxidation sites excluding steroid dienone is 2. The number of hydrogen-bond donors (Lipinski definition) is 2. The molecule has 0 fully saturated rings. The first-order valence-corrected chi connectivity index (χ1v) is 11.6. The number of unbranched alkanes of at least 4 members (excludes halogenated alkanes) is 12. The van der Waals surface area contributed by atoms with Crippen LogP contribution in [0.1, 0.15) is 117 Å². The van der Waals surface area contributed by atoms with Crippen molar-refractivity contribution in [3.8, 4) is 0 Å². The van der Waals surface area contributed by atoms with Gasteiger partial charge in [-0.15, -0.1) is 0 Å². The summed E-state index contributed by atoms with van der Waals surface area (Å²) in [5.41, 5.74) is 5.85. The minimum Gasteiger partial charge on any atom is -0.384 e. The monoisotopic (exact) mass is 381 g/mol. The third kappa shape index (κ3) is 16.0. The van der Waals surface area contributed by atoms with Crippen LogP contribution in [0.4, 0.5) is 0 Å². The summed E-state index contributed by atoms with van der Waals surface area (Å²) in [6, 6.07) is -0.438. The molecule has 0 saturated heterocycles. The molecule has 2 atom stereocenters. The standard InChI is InChI=1S/C24H47NO2/c1-4-5-6-7-8-9-10-11-12-13-14-15-16-17-18-19-20-22(26)24(27)23(25)21(2)3/h11-12,21,23-24,27H,4-10,13-20,25H2,1-3H3/t23-,24?/m0/s1. The number of rotatable bonds is 19. The second-order valence-corrected chi connectivity index (χ2v) is 8.42. The molecule has 0 radical (unpaired) electrons. The Kier molecular flexibility index (Phi) is 18.2. The largest absolute Gasteiger partial charge is 0.384 e. The van der Waals surface area contributed by atoms with Crippen LogP contribution in [-0.2, 0) is 4.79 Å². The molecule has 0 amide bonds. The van der Waals surface area contributed by atoms with E-state index in [-0.39, 0.29) is 11.7 Å². The first-order chi connectivity index (χ1) is 13.0. The van der Waals surface area contributed by atoms with E-state index in [4.69, 9.17) is 5.73 Å². The average Bonchev–Trinajstić information content (AvgIpc) is 2.66. The maximum Gasteiger partial charge on any atom is 0.162 e. The van der Waals surface area contributed by atoms with Crippen molar-refractivity contribution < 1.29 is 9.90 Å². The Hall–Kier alpha value is -0.670. The van der Waals surface area contributed by atoms with E-state index < -0.39 is 12.1 Å². The van der Waals surface area contributed by atoms with Gasteiger partial charge in [0, 0.05) is 12.5 Å². The van der Waals surface area contributed by atoms with E-state index in [1.807, 2.05) is 13.8 Å². The first kappa shape index (κ1) is 26.3. The van der Waals surface area contributed by atoms with Crippen LogP contribution < -0.4 is 5.73 Å². The normalized spacial score (nSPS) is 14.1. The van der Waals surface area contributed by atoms with Crippen LogP contribution in [0.15, 0.2) is 12.2 Å². The molecule has 3 heteroatoms. The fraction of sp³-hybridized carbons (Fsp3) is 0.875. The fourth-order valence-corrected chi connectivity index (χ4v) is 3.27. The van der Waals surface area contributed by atoms with Gasteiger partial charge >= 0.3 is 0 Å². The summed E-state index contributed by atoms with van der Waals surface area (Å²) in [6.45, 7) is 6.14. The van der Waals surface area contributed by atoms with Crippen molar-refractivity contribution in [2.45, 2.75) is 129 Å². The number of nitrogens with two attached hydrogens (primary N) is 1. The van der Waals surface area contributed by atoms with Crippen LogP contribution in [0.2, 0.25) is 0 Å². The summed E-state index contributed by atoms with van der Waals surface area (Å²) in [6.07, 6.45) is 21.8. The van der Waals surface area contributed by atoms with Crippen molar-refractivity contribution in [2.24, 2.45) is 11.7 Å². The SMILES string of the molecule is CCCCCCCCC=CCCCCCCCCC(=O)C(O)[C@@H](N)C(C)C. The van der Waals surface area contributed by atoms with Gasteiger partial charge < -0.3 is 10.8 Å². The lowest BCUT2D eigenvalue weighted by Crippen LogP contribution is -2.44. The second-order valence-electron chi connectivity index (χ2n) is 8.42. The Bertz CT molecular complexity index is 365. The van der Waals surface area contributed by atoms with Crippen LogP contribution >= 0.6 is 0 Å². The van der Waals surface area contributed by atoms with E-state index in [0.29, 0.717) is 6.42 Å². The molecule has 0 aromatic heterocycles. The highest BCUT2D eigenvalue weighted by molar-refractivity contribution is 5.83. The van der Waals surface area contributed by atoms with Gasteiger partial charge in [0.05, 0.1) is 0 Å². The Balaban J connectivity index is 3.38. The maximum absolute atomic E-state index is 11.9. The fourth-order valence-electron chi connectivity index (χ4n) is 3.27. The van der Waals surface area contributed by atoms with E-state index >= 15 is 0 Å². The van der Waals surface area contributed by atoms with E-state index in [9.17, 15) is 9.90 Å². The van der Waals surface area contributed by atoms with Crippen molar-refractivity contribution in [1.29, 1.82) is 0 Å². The molecular formula is C24H47NO2. The molecule has 0 spiro atoms. The topological polar surface area (TPSA) is 63.3 Å². The van der Waals surface area contributed by atoms with Crippen molar-refractivity contribution in [1.82, 2.24) is 0 Å². The van der Waals surface area contributed by atoms with Gasteiger partial charge in [-0.3, -0.25) is 4.79 Å². The maximum atomic E-state index is 11.9. The van der Waals surface area contributed by atoms with E-state index in [1.165, 1.54) is 77.0 Å². The van der Waals surface area contributed by atoms with E-state index in [2.05, 4.69) is 19.1 Å². The summed E-state index contributed by atoms with van der Waals surface area (Å²) >= 11 is 0. The lowest BCUT2D eigenvalue weighted by molar-refractivity contribution is -0.128. The summed E-state index contributed by atoms with van der Waals surface area (Å²) < 4.78 is 0. The number of aliphatic hydroxyl groups excluding tert-OH is 1. The summed E-state index contributed by atoms with van der Waals surface area (Å²) in [7, 11) is 0. The molecule has 0 bridgehead atoms. The second kappa shape index (κ2) is 18.7. The van der Waals surface area contributed by atoms with Gasteiger partial charge in [-0.25, -0.2) is 0 Å². The summed E-state index contributed by atoms with van der Waals surface area (Å²) in [5.74, 6) is 0.0375. The predicted octanol–water partition coefficient (Wildman–Crippen LogP) is 6.33. The van der Waals surface area contributed by atoms with Crippen LogP contribution in [0.5, 0.6) is 0 Å². The van der Waals surface area contributed by atoms with Gasteiger partial charge in [-0.2, -0.15) is 0 Å². The quantitative estimate of drug-likeness (QED) is 0.203. The van der Waals surface area contributed by atoms with Gasteiger partial charge in [0.1, 0.15) is 6.10 Å². The van der Waals surface area contributed by atoms with Crippen LogP contribution in [0.3, 0.4) is 0 Å². The average molecular weight is 382 g/mol. The van der Waals surface area contributed by atoms with Crippen molar-refractivity contribution >= 4 is 5.78 Å². The van der Waals surface area contributed by atoms with Crippen LogP contribution in [0, 0.1) is 5.92 Å². The Morgan fingerprint density at radius 1 is 0.815 bits per heavy atom. The molecule has 0 rings (SSSR count). The minimum atomic E-state index is -0.992. The third-order valence-electron chi connectivity index (χ3n) is 5.40. The van der Waals surface area contributed by atoms with Gasteiger partial charge in [0.2, 0.25) is 0 Å². The Morgan fingerprint density at radius 3 is 1.74 bits per heavy atom. The molecule has 1 unspecified atom stereocenters. The number of ketones is 1. The van der Waals surface area contributed by atoms with Crippen LogP contribution in [-0.4, -0.2) is 23.0 Å². The van der Waals surface area contributed by atoms with Gasteiger partial charge in [-0.05, 0) is 38.0 Å². The molecule has 0 heterocycles. The number of carbonyl (C=O) groups is 1. The highest BCUT2D eigenvalue weighted by atomic mass is 16.3. The predicted molar refractivity (Wildman–Crippen MR) is 118 cm³/mol. The number of aliphatic hydroxyl groups is 1. The zero-order valence-electron chi connectivity index (χ0n) is 18.4. The molecule has 160 valence electrons. The molecule has 3 nitrogen and oxygen atoms in total. The van der Waals surface area contributed by atoms with Gasteiger partial charge in [0.25, 0.3) is 0 Å². The molecule has 0 aliphatic heterocycles. The first-order valence-electron chi connectivity index (χ1n) is 11.6. The molecule has 0 saturated carbocycles. The Labute approximate surface area is 169 Å². The zero-order chi connectivity index (χ0) is 20.3. The van der Waals surface area contributed by atoms with Crippen LogP contribution in [0.25, 0.3) is 0 Å². The molecule has 27 heavy (non-hydrogen) atoms. The molecular weight excluding hydrogens is 334 g/mol. The third-order valence-corrected chi connectivity index (χ3v) is 5.40. The van der Waals surface area contributed by atoms with Gasteiger partial charge in [-0.1, -0.05) is 90.7 Å². The van der Waals surface area contributed by atoms with Crippen molar-refractivity contribution in [2.75, 3.05) is 0 Å². The lowest BCUT2D eigenvalue weighted by atomic mass is 9.94. The molecule has 0 aliphatic rings. The van der Waals surface area contributed by atoms with Crippen molar-refractivity contribution in [3.05, 3.63) is 12.2 Å². The van der Waals surface area contributed by atoms with Gasteiger partial charge in [0.15, 0.2) is 5.78 Å². The summed E-state index contributed by atoms with van der Waals surface area (Å²) in [4.78, 5) is 11.9. The molecule has 0 aromatic rings. The number of hydrogen-bond acceptors (Lipinski definition) is 3. The highest BCUT2D eigenvalue weighted by Crippen LogP contribution is 2.12. The lowest BCUT2D eigenvalue weighted by Gasteiger charge is -2.20. The smallest absolute Gasteiger partial charge is 0.162 e.